The molecule has 0 aliphatic heterocycles. The summed E-state index contributed by atoms with van der Waals surface area (Å²) in [6.07, 6.45) is 1.03. The van der Waals surface area contributed by atoms with Crippen LogP contribution >= 0.6 is 7.92 Å². The van der Waals surface area contributed by atoms with Gasteiger partial charge in [0.1, 0.15) is 0 Å². The quantitative estimate of drug-likeness (QED) is 0.756. The van der Waals surface area contributed by atoms with E-state index in [0.717, 1.165) is 6.16 Å². The van der Waals surface area contributed by atoms with Crippen molar-refractivity contribution in [2.45, 2.75) is 19.4 Å². The van der Waals surface area contributed by atoms with Crippen molar-refractivity contribution in [3.05, 3.63) is 60.7 Å². The lowest BCUT2D eigenvalue weighted by atomic mass is 10.2. The van der Waals surface area contributed by atoms with Gasteiger partial charge in [-0.25, -0.2) is 0 Å². The molecule has 0 fully saturated rings. The second kappa shape index (κ2) is 6.32. The molecule has 0 spiro atoms. The van der Waals surface area contributed by atoms with Crippen LogP contribution < -0.4 is 10.6 Å². The van der Waals surface area contributed by atoms with Gasteiger partial charge in [0.05, 0.1) is 5.60 Å². The summed E-state index contributed by atoms with van der Waals surface area (Å²) in [6.45, 7) is 4.32. The summed E-state index contributed by atoms with van der Waals surface area (Å²) in [4.78, 5) is 0. The maximum absolute atomic E-state index is 5.63. The zero-order chi connectivity index (χ0) is 13.7. The molecule has 0 aromatic heterocycles. The summed E-state index contributed by atoms with van der Waals surface area (Å²) in [5.41, 5.74) is -0.0998. The topological polar surface area (TPSA) is 9.23 Å². The first kappa shape index (κ1) is 14.2. The molecular weight excluding hydrogens is 251 g/mol. The van der Waals surface area contributed by atoms with Gasteiger partial charge < -0.3 is 4.74 Å². The molecule has 2 heteroatoms. The molecule has 2 rings (SSSR count). The first-order valence-corrected chi connectivity index (χ1v) is 8.08. The molecule has 0 saturated heterocycles. The molecule has 2 aromatic rings. The number of hydrogen-bond donors (Lipinski definition) is 0. The SMILES string of the molecule is COC(C)(C)CP(c1ccccc1)c1ccccc1. The normalized spacial score (nSPS) is 11.8. The predicted molar refractivity (Wildman–Crippen MR) is 85.0 cm³/mol. The van der Waals surface area contributed by atoms with E-state index in [1.165, 1.54) is 10.6 Å². The third-order valence-electron chi connectivity index (χ3n) is 3.23. The van der Waals surface area contributed by atoms with Crippen molar-refractivity contribution in [2.75, 3.05) is 13.3 Å². The van der Waals surface area contributed by atoms with Gasteiger partial charge in [0.15, 0.2) is 0 Å². The van der Waals surface area contributed by atoms with Gasteiger partial charge >= 0.3 is 0 Å². The summed E-state index contributed by atoms with van der Waals surface area (Å²) in [5.74, 6) is 0. The number of methoxy groups -OCH3 is 1. The van der Waals surface area contributed by atoms with Gasteiger partial charge in [-0.2, -0.15) is 0 Å². The van der Waals surface area contributed by atoms with E-state index in [0.29, 0.717) is 0 Å². The van der Waals surface area contributed by atoms with Crippen LogP contribution in [0.2, 0.25) is 0 Å². The molecule has 0 atom stereocenters. The Morgan fingerprint density at radius 1 is 0.842 bits per heavy atom. The molecule has 2 aromatic carbocycles. The van der Waals surface area contributed by atoms with Gasteiger partial charge in [-0.05, 0) is 32.4 Å². The third kappa shape index (κ3) is 3.89. The predicted octanol–water partition coefficient (Wildman–Crippen LogP) is 3.54. The van der Waals surface area contributed by atoms with Gasteiger partial charge in [0.2, 0.25) is 0 Å². The number of rotatable bonds is 5. The second-order valence-corrected chi connectivity index (χ2v) is 7.43. The molecule has 0 aliphatic rings. The van der Waals surface area contributed by atoms with Crippen LogP contribution in [-0.2, 0) is 4.74 Å². The first-order valence-electron chi connectivity index (χ1n) is 6.55. The molecule has 0 heterocycles. The van der Waals surface area contributed by atoms with Gasteiger partial charge in [-0.3, -0.25) is 0 Å². The largest absolute Gasteiger partial charge is 0.378 e. The molecule has 1 nitrogen and oxygen atoms in total. The Morgan fingerprint density at radius 3 is 1.63 bits per heavy atom. The zero-order valence-electron chi connectivity index (χ0n) is 11.8. The number of hydrogen-bond acceptors (Lipinski definition) is 1. The maximum Gasteiger partial charge on any atom is 0.0667 e. The van der Waals surface area contributed by atoms with Crippen LogP contribution in [-0.4, -0.2) is 18.9 Å². The highest BCUT2D eigenvalue weighted by Gasteiger charge is 2.24. The van der Waals surface area contributed by atoms with Crippen molar-refractivity contribution in [3.63, 3.8) is 0 Å². The van der Waals surface area contributed by atoms with Gasteiger partial charge in [0, 0.05) is 13.3 Å². The fourth-order valence-corrected chi connectivity index (χ4v) is 4.61. The Hall–Kier alpha value is -1.17. The molecule has 0 saturated carbocycles. The second-order valence-electron chi connectivity index (χ2n) is 5.22. The van der Waals surface area contributed by atoms with E-state index in [4.69, 9.17) is 4.74 Å². The average Bonchev–Trinajstić information content (AvgIpc) is 2.47. The minimum atomic E-state index is -0.370. The molecular formula is C17H21OP. The average molecular weight is 272 g/mol. The van der Waals surface area contributed by atoms with E-state index in [2.05, 4.69) is 74.5 Å². The molecule has 100 valence electrons. The van der Waals surface area contributed by atoms with E-state index in [9.17, 15) is 0 Å². The standard InChI is InChI=1S/C17H21OP/c1-17(2,18-3)14-19(15-10-6-4-7-11-15)16-12-8-5-9-13-16/h4-13H,14H2,1-3H3. The summed E-state index contributed by atoms with van der Waals surface area (Å²) in [7, 11) is 1.43. The molecule has 19 heavy (non-hydrogen) atoms. The zero-order valence-corrected chi connectivity index (χ0v) is 12.7. The van der Waals surface area contributed by atoms with Crippen LogP contribution in [0.5, 0.6) is 0 Å². The van der Waals surface area contributed by atoms with Crippen LogP contribution in [0.25, 0.3) is 0 Å². The molecule has 0 N–H and O–H groups in total. The van der Waals surface area contributed by atoms with Crippen molar-refractivity contribution in [1.82, 2.24) is 0 Å². The summed E-state index contributed by atoms with van der Waals surface area (Å²) in [6, 6.07) is 21.5. The van der Waals surface area contributed by atoms with Crippen molar-refractivity contribution >= 4 is 18.5 Å². The van der Waals surface area contributed by atoms with E-state index >= 15 is 0 Å². The Bertz CT molecular complexity index is 454. The monoisotopic (exact) mass is 272 g/mol. The smallest absolute Gasteiger partial charge is 0.0667 e. The van der Waals surface area contributed by atoms with Crippen molar-refractivity contribution in [2.24, 2.45) is 0 Å². The van der Waals surface area contributed by atoms with Crippen LogP contribution in [0.15, 0.2) is 60.7 Å². The Balaban J connectivity index is 2.35. The molecule has 0 bridgehead atoms. The van der Waals surface area contributed by atoms with Gasteiger partial charge in [0.25, 0.3) is 0 Å². The van der Waals surface area contributed by atoms with Gasteiger partial charge in [-0.1, -0.05) is 60.7 Å². The molecule has 0 radical (unpaired) electrons. The van der Waals surface area contributed by atoms with Gasteiger partial charge in [-0.15, -0.1) is 0 Å². The third-order valence-corrected chi connectivity index (χ3v) is 6.15. The van der Waals surface area contributed by atoms with Crippen LogP contribution in [0.3, 0.4) is 0 Å². The van der Waals surface area contributed by atoms with E-state index in [1.54, 1.807) is 7.11 Å². The molecule has 0 unspecified atom stereocenters. The van der Waals surface area contributed by atoms with Crippen molar-refractivity contribution < 1.29 is 4.74 Å². The Kier molecular flexibility index (Phi) is 4.74. The summed E-state index contributed by atoms with van der Waals surface area (Å²) in [5, 5.41) is 2.82. The highest BCUT2D eigenvalue weighted by Crippen LogP contribution is 2.37. The van der Waals surface area contributed by atoms with E-state index < -0.39 is 0 Å². The number of ether oxygens (including phenoxy) is 1. The Labute approximate surface area is 117 Å². The van der Waals surface area contributed by atoms with Crippen LogP contribution in [0.1, 0.15) is 13.8 Å². The minimum Gasteiger partial charge on any atom is -0.378 e. The lowest BCUT2D eigenvalue weighted by Crippen LogP contribution is -2.31. The van der Waals surface area contributed by atoms with Crippen LogP contribution in [0.4, 0.5) is 0 Å². The highest BCUT2D eigenvalue weighted by molar-refractivity contribution is 7.73. The Morgan fingerprint density at radius 2 is 1.26 bits per heavy atom. The fourth-order valence-electron chi connectivity index (χ4n) is 1.99. The first-order chi connectivity index (χ1) is 9.12. The van der Waals surface area contributed by atoms with E-state index in [1.807, 2.05) is 0 Å². The number of benzene rings is 2. The van der Waals surface area contributed by atoms with E-state index in [-0.39, 0.29) is 13.5 Å². The lowest BCUT2D eigenvalue weighted by molar-refractivity contribution is 0.0434. The summed E-state index contributed by atoms with van der Waals surface area (Å²) < 4.78 is 5.63. The van der Waals surface area contributed by atoms with Crippen molar-refractivity contribution in [3.8, 4) is 0 Å². The lowest BCUT2D eigenvalue weighted by Gasteiger charge is -2.29. The fraction of sp³-hybridized carbons (Fsp3) is 0.294. The molecule has 0 amide bonds. The van der Waals surface area contributed by atoms with Crippen LogP contribution in [0, 0.1) is 0 Å². The summed E-state index contributed by atoms with van der Waals surface area (Å²) >= 11 is 0. The van der Waals surface area contributed by atoms with Crippen molar-refractivity contribution in [1.29, 1.82) is 0 Å². The molecule has 0 aliphatic carbocycles. The highest BCUT2D eigenvalue weighted by atomic mass is 31.1. The minimum absolute atomic E-state index is 0.0998. The maximum atomic E-state index is 5.63.